The van der Waals surface area contributed by atoms with Crippen molar-refractivity contribution in [2.75, 3.05) is 13.2 Å². The zero-order valence-corrected chi connectivity index (χ0v) is 10.4. The van der Waals surface area contributed by atoms with Crippen LogP contribution in [0.25, 0.3) is 0 Å². The minimum absolute atomic E-state index is 0.139. The highest BCUT2D eigenvalue weighted by molar-refractivity contribution is 5.75. The van der Waals surface area contributed by atoms with Gasteiger partial charge in [-0.15, -0.1) is 0 Å². The Morgan fingerprint density at radius 2 is 2.38 bits per heavy atom. The summed E-state index contributed by atoms with van der Waals surface area (Å²) in [5.74, 6) is 0.622. The minimum Gasteiger partial charge on any atom is -0.378 e. The number of nitrogens with one attached hydrogen (secondary N) is 1. The zero-order chi connectivity index (χ0) is 12.0. The van der Waals surface area contributed by atoms with Crippen molar-refractivity contribution in [1.82, 2.24) is 5.32 Å². The first kappa shape index (κ1) is 13.5. The smallest absolute Gasteiger partial charge is 0.220 e. The van der Waals surface area contributed by atoms with Gasteiger partial charge in [-0.05, 0) is 33.1 Å². The Balaban J connectivity index is 2.05. The van der Waals surface area contributed by atoms with Gasteiger partial charge in [0.25, 0.3) is 0 Å². The first-order chi connectivity index (χ1) is 7.59. The Bertz CT molecular complexity index is 219. The molecule has 1 fully saturated rings. The highest BCUT2D eigenvalue weighted by Crippen LogP contribution is 2.19. The fraction of sp³-hybridized carbons (Fsp3) is 0.917. The van der Waals surface area contributed by atoms with Crippen molar-refractivity contribution in [2.24, 2.45) is 11.7 Å². The maximum Gasteiger partial charge on any atom is 0.220 e. The Morgan fingerprint density at radius 1 is 1.62 bits per heavy atom. The highest BCUT2D eigenvalue weighted by Gasteiger charge is 2.24. The van der Waals surface area contributed by atoms with Crippen LogP contribution in [0.3, 0.4) is 0 Å². The van der Waals surface area contributed by atoms with E-state index in [1.54, 1.807) is 0 Å². The molecule has 0 aliphatic carbocycles. The molecule has 0 bridgehead atoms. The highest BCUT2D eigenvalue weighted by atomic mass is 16.5. The number of hydrogen-bond donors (Lipinski definition) is 2. The van der Waals surface area contributed by atoms with Gasteiger partial charge < -0.3 is 15.8 Å². The molecule has 1 aliphatic heterocycles. The Kier molecular flexibility index (Phi) is 5.77. The number of rotatable bonds is 6. The third-order valence-corrected chi connectivity index (χ3v) is 3.16. The lowest BCUT2D eigenvalue weighted by atomic mass is 10.0. The van der Waals surface area contributed by atoms with Crippen molar-refractivity contribution in [3.63, 3.8) is 0 Å². The van der Waals surface area contributed by atoms with Gasteiger partial charge in [0.1, 0.15) is 0 Å². The SMILES string of the molecule is CC(N)CCCC(=O)NCC1CCOC1C. The van der Waals surface area contributed by atoms with Crippen LogP contribution in [0.15, 0.2) is 0 Å². The molecule has 0 aromatic carbocycles. The number of ether oxygens (including phenoxy) is 1. The minimum atomic E-state index is 0.139. The molecule has 3 unspecified atom stereocenters. The van der Waals surface area contributed by atoms with E-state index in [1.165, 1.54) is 0 Å². The second-order valence-electron chi connectivity index (χ2n) is 4.80. The molecule has 4 heteroatoms. The summed E-state index contributed by atoms with van der Waals surface area (Å²) in [6.07, 6.45) is 3.71. The van der Waals surface area contributed by atoms with E-state index in [4.69, 9.17) is 10.5 Å². The predicted octanol–water partition coefficient (Wildman–Crippen LogP) is 1.05. The van der Waals surface area contributed by atoms with Crippen LogP contribution in [-0.2, 0) is 9.53 Å². The van der Waals surface area contributed by atoms with Gasteiger partial charge in [-0.2, -0.15) is 0 Å². The maximum absolute atomic E-state index is 11.5. The summed E-state index contributed by atoms with van der Waals surface area (Å²) in [4.78, 5) is 11.5. The molecule has 1 amide bonds. The van der Waals surface area contributed by atoms with E-state index in [0.29, 0.717) is 12.3 Å². The third-order valence-electron chi connectivity index (χ3n) is 3.16. The number of amides is 1. The van der Waals surface area contributed by atoms with E-state index in [2.05, 4.69) is 12.2 Å². The second kappa shape index (κ2) is 6.86. The van der Waals surface area contributed by atoms with Gasteiger partial charge in [0.05, 0.1) is 6.10 Å². The Morgan fingerprint density at radius 3 is 2.94 bits per heavy atom. The molecule has 1 heterocycles. The van der Waals surface area contributed by atoms with Gasteiger partial charge >= 0.3 is 0 Å². The van der Waals surface area contributed by atoms with E-state index in [-0.39, 0.29) is 18.1 Å². The van der Waals surface area contributed by atoms with Gasteiger partial charge in [0, 0.05) is 31.5 Å². The van der Waals surface area contributed by atoms with Crippen LogP contribution in [-0.4, -0.2) is 31.2 Å². The van der Waals surface area contributed by atoms with Gasteiger partial charge in [0.2, 0.25) is 5.91 Å². The summed E-state index contributed by atoms with van der Waals surface area (Å²) < 4.78 is 5.44. The molecule has 0 aromatic rings. The van der Waals surface area contributed by atoms with Crippen LogP contribution in [0, 0.1) is 5.92 Å². The maximum atomic E-state index is 11.5. The van der Waals surface area contributed by atoms with Gasteiger partial charge in [-0.25, -0.2) is 0 Å². The molecule has 1 rings (SSSR count). The van der Waals surface area contributed by atoms with E-state index in [9.17, 15) is 4.79 Å². The number of carbonyl (C=O) groups is 1. The normalized spacial score (nSPS) is 26.7. The van der Waals surface area contributed by atoms with Crippen molar-refractivity contribution in [3.8, 4) is 0 Å². The molecule has 1 saturated heterocycles. The van der Waals surface area contributed by atoms with Crippen molar-refractivity contribution in [3.05, 3.63) is 0 Å². The number of nitrogens with two attached hydrogens (primary N) is 1. The number of carbonyl (C=O) groups excluding carboxylic acids is 1. The molecule has 16 heavy (non-hydrogen) atoms. The Hall–Kier alpha value is -0.610. The van der Waals surface area contributed by atoms with Gasteiger partial charge in [0.15, 0.2) is 0 Å². The molecule has 0 radical (unpaired) electrons. The molecule has 3 N–H and O–H groups in total. The van der Waals surface area contributed by atoms with Crippen molar-refractivity contribution in [1.29, 1.82) is 0 Å². The second-order valence-corrected chi connectivity index (χ2v) is 4.80. The molecule has 3 atom stereocenters. The standard InChI is InChI=1S/C12H24N2O2/c1-9(13)4-3-5-12(15)14-8-11-6-7-16-10(11)2/h9-11H,3-8,13H2,1-2H3,(H,14,15). The van der Waals surface area contributed by atoms with Crippen LogP contribution in [0.1, 0.15) is 39.5 Å². The van der Waals surface area contributed by atoms with Crippen LogP contribution in [0.5, 0.6) is 0 Å². The van der Waals surface area contributed by atoms with Crippen LogP contribution in [0.4, 0.5) is 0 Å². The molecule has 4 nitrogen and oxygen atoms in total. The lowest BCUT2D eigenvalue weighted by Gasteiger charge is -2.14. The van der Waals surface area contributed by atoms with E-state index in [1.807, 2.05) is 6.92 Å². The average Bonchev–Trinajstić information content (AvgIpc) is 2.60. The molecule has 94 valence electrons. The molecule has 0 spiro atoms. The molecular weight excluding hydrogens is 204 g/mol. The summed E-state index contributed by atoms with van der Waals surface area (Å²) in [6.45, 7) is 5.61. The first-order valence-corrected chi connectivity index (χ1v) is 6.23. The molecule has 0 aromatic heterocycles. The van der Waals surface area contributed by atoms with Crippen LogP contribution >= 0.6 is 0 Å². The molecule has 1 aliphatic rings. The van der Waals surface area contributed by atoms with E-state index in [0.717, 1.165) is 32.4 Å². The third kappa shape index (κ3) is 4.94. The largest absolute Gasteiger partial charge is 0.378 e. The topological polar surface area (TPSA) is 64.4 Å². The van der Waals surface area contributed by atoms with Gasteiger partial charge in [-0.1, -0.05) is 0 Å². The Labute approximate surface area is 97.9 Å². The quantitative estimate of drug-likeness (QED) is 0.714. The summed E-state index contributed by atoms with van der Waals surface area (Å²) in [6, 6.07) is 0.191. The van der Waals surface area contributed by atoms with Crippen molar-refractivity contribution < 1.29 is 9.53 Å². The summed E-state index contributed by atoms with van der Waals surface area (Å²) in [7, 11) is 0. The predicted molar refractivity (Wildman–Crippen MR) is 64.0 cm³/mol. The van der Waals surface area contributed by atoms with Crippen molar-refractivity contribution >= 4 is 5.91 Å². The number of hydrogen-bond acceptors (Lipinski definition) is 3. The average molecular weight is 228 g/mol. The van der Waals surface area contributed by atoms with Gasteiger partial charge in [-0.3, -0.25) is 4.79 Å². The molecule has 0 saturated carbocycles. The van der Waals surface area contributed by atoms with E-state index < -0.39 is 0 Å². The summed E-state index contributed by atoms with van der Waals surface area (Å²) in [5.41, 5.74) is 5.62. The van der Waals surface area contributed by atoms with Crippen LogP contribution in [0.2, 0.25) is 0 Å². The summed E-state index contributed by atoms with van der Waals surface area (Å²) in [5, 5.41) is 2.97. The fourth-order valence-corrected chi connectivity index (χ4v) is 1.96. The zero-order valence-electron chi connectivity index (χ0n) is 10.4. The monoisotopic (exact) mass is 228 g/mol. The van der Waals surface area contributed by atoms with Crippen molar-refractivity contribution in [2.45, 2.75) is 51.7 Å². The summed E-state index contributed by atoms with van der Waals surface area (Å²) >= 11 is 0. The molecular formula is C12H24N2O2. The lowest BCUT2D eigenvalue weighted by Crippen LogP contribution is -2.32. The lowest BCUT2D eigenvalue weighted by molar-refractivity contribution is -0.121. The van der Waals surface area contributed by atoms with Crippen LogP contribution < -0.4 is 11.1 Å². The first-order valence-electron chi connectivity index (χ1n) is 6.23. The fourth-order valence-electron chi connectivity index (χ4n) is 1.96. The van der Waals surface area contributed by atoms with E-state index >= 15 is 0 Å².